The monoisotopic (exact) mass is 613 g/mol. The minimum Gasteiger partial charge on any atom is -0.472 e. The fourth-order valence-corrected chi connectivity index (χ4v) is 7.54. The third-order valence-electron chi connectivity index (χ3n) is 7.19. The first-order valence-corrected chi connectivity index (χ1v) is 17.8. The van der Waals surface area contributed by atoms with Gasteiger partial charge in [-0.15, -0.1) is 4.40 Å². The summed E-state index contributed by atoms with van der Waals surface area (Å²) >= 11 is 9.71. The van der Waals surface area contributed by atoms with Crippen LogP contribution in [-0.4, -0.2) is 34.8 Å². The van der Waals surface area contributed by atoms with Crippen molar-refractivity contribution < 1.29 is 17.6 Å². The van der Waals surface area contributed by atoms with E-state index in [9.17, 15) is 8.42 Å². The summed E-state index contributed by atoms with van der Waals surface area (Å²) in [7, 11) is -5.77. The predicted molar refractivity (Wildman–Crippen MR) is 155 cm³/mol. The number of rotatable bonds is 8. The van der Waals surface area contributed by atoms with Crippen molar-refractivity contribution in [1.82, 2.24) is 0 Å². The Balaban J connectivity index is 1.88. The Hall–Kier alpha value is -1.19. The number of nitrogens with zero attached hydrogens (tertiary/aromatic N) is 1. The third kappa shape index (κ3) is 7.01. The van der Waals surface area contributed by atoms with Crippen LogP contribution >= 0.6 is 27.5 Å². The molecule has 2 aromatic rings. The SMILES string of the molecule is CC1(C)OC(C[C@@H](CCO[Si](C)(C)C(C)(C)C)c2cccc(Cl)c2)=NS(=O)(=O)C1c1ccc(Br)cc1. The molecule has 1 aliphatic heterocycles. The van der Waals surface area contributed by atoms with Crippen LogP contribution in [0.4, 0.5) is 0 Å². The normalized spacial score (nSPS) is 20.4. The Morgan fingerprint density at radius 1 is 1.17 bits per heavy atom. The fourth-order valence-electron chi connectivity index (χ4n) is 4.25. The molecule has 3 rings (SSSR count). The number of sulfonamides is 1. The molecular weight excluding hydrogens is 578 g/mol. The Labute approximate surface area is 231 Å². The van der Waals surface area contributed by atoms with E-state index in [2.05, 4.69) is 54.2 Å². The summed E-state index contributed by atoms with van der Waals surface area (Å²) in [5.41, 5.74) is 0.679. The van der Waals surface area contributed by atoms with Gasteiger partial charge in [0.1, 0.15) is 10.9 Å². The summed E-state index contributed by atoms with van der Waals surface area (Å²) < 4.78 is 44.6. The van der Waals surface area contributed by atoms with E-state index in [1.165, 1.54) is 0 Å². The Morgan fingerprint density at radius 3 is 2.36 bits per heavy atom. The Bertz CT molecular complexity index is 1210. The zero-order valence-corrected chi connectivity index (χ0v) is 26.3. The molecule has 0 amide bonds. The smallest absolute Gasteiger partial charge is 0.267 e. The molecule has 36 heavy (non-hydrogen) atoms. The lowest BCUT2D eigenvalue weighted by Gasteiger charge is -2.38. The lowest BCUT2D eigenvalue weighted by atomic mass is 9.92. The van der Waals surface area contributed by atoms with Crippen LogP contribution in [0.2, 0.25) is 23.2 Å². The molecule has 0 N–H and O–H groups in total. The number of hydrogen-bond acceptors (Lipinski definition) is 4. The summed E-state index contributed by atoms with van der Waals surface area (Å²) in [5.74, 6) is 0.174. The molecule has 198 valence electrons. The van der Waals surface area contributed by atoms with E-state index in [0.29, 0.717) is 30.0 Å². The predicted octanol–water partition coefficient (Wildman–Crippen LogP) is 8.27. The minimum absolute atomic E-state index is 0.0533. The number of ether oxygens (including phenoxy) is 1. The van der Waals surface area contributed by atoms with Crippen molar-refractivity contribution in [1.29, 1.82) is 0 Å². The quantitative estimate of drug-likeness (QED) is 0.281. The van der Waals surface area contributed by atoms with E-state index in [-0.39, 0.29) is 16.9 Å². The molecule has 1 unspecified atom stereocenters. The summed E-state index contributed by atoms with van der Waals surface area (Å²) in [5, 5.41) is -0.152. The standard InChI is InChI=1S/C27H37BrClNO4SSi/c1-26(2,3)36(6,7)33-16-15-21(20-9-8-10-23(29)17-20)18-24-30-35(31,32)25(27(4,5)34-24)19-11-13-22(28)14-12-19/h8-14,17,21,25H,15-16,18H2,1-7H3/t21-,25?/m1/s1. The molecule has 0 bridgehead atoms. The van der Waals surface area contributed by atoms with Crippen LogP contribution in [0, 0.1) is 0 Å². The summed E-state index contributed by atoms with van der Waals surface area (Å²) in [6.45, 7) is 15.3. The van der Waals surface area contributed by atoms with Crippen molar-refractivity contribution >= 4 is 51.8 Å². The van der Waals surface area contributed by atoms with Gasteiger partial charge in [-0.1, -0.05) is 72.6 Å². The molecule has 2 aromatic carbocycles. The van der Waals surface area contributed by atoms with Gasteiger partial charge in [0, 0.05) is 22.5 Å². The van der Waals surface area contributed by atoms with Gasteiger partial charge in [0.05, 0.1) is 0 Å². The van der Waals surface area contributed by atoms with Gasteiger partial charge in [-0.2, -0.15) is 0 Å². The van der Waals surface area contributed by atoms with Crippen LogP contribution in [0.5, 0.6) is 0 Å². The van der Waals surface area contributed by atoms with E-state index < -0.39 is 29.2 Å². The van der Waals surface area contributed by atoms with E-state index in [4.69, 9.17) is 20.8 Å². The lowest BCUT2D eigenvalue weighted by Crippen LogP contribution is -2.43. The van der Waals surface area contributed by atoms with Crippen LogP contribution in [0.1, 0.15) is 69.8 Å². The van der Waals surface area contributed by atoms with Crippen molar-refractivity contribution in [3.63, 3.8) is 0 Å². The topological polar surface area (TPSA) is 65.0 Å². The first-order valence-electron chi connectivity index (χ1n) is 12.2. The van der Waals surface area contributed by atoms with Gasteiger partial charge < -0.3 is 9.16 Å². The van der Waals surface area contributed by atoms with Crippen molar-refractivity contribution in [2.24, 2.45) is 4.40 Å². The van der Waals surface area contributed by atoms with Gasteiger partial charge in [-0.25, -0.2) is 8.42 Å². The second-order valence-corrected chi connectivity index (χ2v) is 19.3. The molecule has 0 saturated carbocycles. The zero-order valence-electron chi connectivity index (χ0n) is 22.1. The number of hydrogen-bond donors (Lipinski definition) is 0. The maximum Gasteiger partial charge on any atom is 0.267 e. The molecule has 0 saturated heterocycles. The molecule has 0 aromatic heterocycles. The van der Waals surface area contributed by atoms with Gasteiger partial charge in [0.2, 0.25) is 5.90 Å². The molecule has 9 heteroatoms. The van der Waals surface area contributed by atoms with Gasteiger partial charge in [0.25, 0.3) is 10.0 Å². The minimum atomic E-state index is -3.85. The van der Waals surface area contributed by atoms with Crippen LogP contribution in [-0.2, 0) is 19.2 Å². The molecule has 0 spiro atoms. The maximum atomic E-state index is 13.4. The molecule has 1 heterocycles. The Morgan fingerprint density at radius 2 is 1.81 bits per heavy atom. The highest BCUT2D eigenvalue weighted by Crippen LogP contribution is 2.42. The lowest BCUT2D eigenvalue weighted by molar-refractivity contribution is 0.0798. The van der Waals surface area contributed by atoms with Crippen LogP contribution in [0.3, 0.4) is 0 Å². The van der Waals surface area contributed by atoms with E-state index in [1.54, 1.807) is 26.0 Å². The number of benzene rings is 2. The van der Waals surface area contributed by atoms with Crippen molar-refractivity contribution in [2.45, 2.75) is 82.4 Å². The largest absolute Gasteiger partial charge is 0.472 e. The van der Waals surface area contributed by atoms with E-state index >= 15 is 0 Å². The van der Waals surface area contributed by atoms with E-state index in [0.717, 1.165) is 10.0 Å². The van der Waals surface area contributed by atoms with Gasteiger partial charge in [-0.3, -0.25) is 0 Å². The van der Waals surface area contributed by atoms with E-state index in [1.807, 2.05) is 36.4 Å². The maximum absolute atomic E-state index is 13.4. The fraction of sp³-hybridized carbons (Fsp3) is 0.519. The highest BCUT2D eigenvalue weighted by Gasteiger charge is 2.47. The molecule has 0 aliphatic carbocycles. The first-order chi connectivity index (χ1) is 16.5. The summed E-state index contributed by atoms with van der Waals surface area (Å²) in [6, 6.07) is 14.9. The van der Waals surface area contributed by atoms with Crippen LogP contribution in [0.25, 0.3) is 0 Å². The second kappa shape index (κ2) is 10.9. The van der Waals surface area contributed by atoms with Gasteiger partial charge >= 0.3 is 0 Å². The van der Waals surface area contributed by atoms with Gasteiger partial charge in [0.15, 0.2) is 8.32 Å². The zero-order chi connectivity index (χ0) is 26.9. The first kappa shape index (κ1) is 29.4. The molecule has 2 atom stereocenters. The van der Waals surface area contributed by atoms with Crippen molar-refractivity contribution in [3.8, 4) is 0 Å². The Kier molecular flexibility index (Phi) is 8.88. The molecule has 0 radical (unpaired) electrons. The van der Waals surface area contributed by atoms with Crippen molar-refractivity contribution in [2.75, 3.05) is 6.61 Å². The third-order valence-corrected chi connectivity index (χ3v) is 14.4. The molecular formula is C27H37BrClNO4SSi. The average Bonchev–Trinajstić information content (AvgIpc) is 2.72. The highest BCUT2D eigenvalue weighted by atomic mass is 79.9. The molecule has 0 fully saturated rings. The van der Waals surface area contributed by atoms with Crippen molar-refractivity contribution in [3.05, 3.63) is 69.2 Å². The molecule has 1 aliphatic rings. The second-order valence-electron chi connectivity index (χ2n) is 11.5. The summed E-state index contributed by atoms with van der Waals surface area (Å²) in [4.78, 5) is 0. The van der Waals surface area contributed by atoms with Crippen LogP contribution < -0.4 is 0 Å². The van der Waals surface area contributed by atoms with Crippen LogP contribution in [0.15, 0.2) is 57.4 Å². The average molecular weight is 615 g/mol. The van der Waals surface area contributed by atoms with Gasteiger partial charge in [-0.05, 0) is 79.7 Å². The highest BCUT2D eigenvalue weighted by molar-refractivity contribution is 9.10. The number of halogens is 2. The summed E-state index contributed by atoms with van der Waals surface area (Å²) in [6.07, 6.45) is 1.04. The molecule has 5 nitrogen and oxygen atoms in total.